The summed E-state index contributed by atoms with van der Waals surface area (Å²) < 4.78 is 16.3. The van der Waals surface area contributed by atoms with E-state index in [1.807, 2.05) is 12.1 Å². The van der Waals surface area contributed by atoms with Crippen LogP contribution in [0.4, 0.5) is 5.69 Å². The van der Waals surface area contributed by atoms with Gasteiger partial charge in [0.2, 0.25) is 5.75 Å². The third kappa shape index (κ3) is 6.41. The first kappa shape index (κ1) is 26.1. The number of aryl methyl sites for hydroxylation is 1. The van der Waals surface area contributed by atoms with E-state index < -0.39 is 0 Å². The molecule has 1 heterocycles. The zero-order valence-corrected chi connectivity index (χ0v) is 22.1. The van der Waals surface area contributed by atoms with Crippen LogP contribution in [0.5, 0.6) is 17.2 Å². The van der Waals surface area contributed by atoms with E-state index >= 15 is 0 Å². The van der Waals surface area contributed by atoms with Gasteiger partial charge in [-0.15, -0.1) is 0 Å². The van der Waals surface area contributed by atoms with Crippen LogP contribution in [0.15, 0.2) is 36.4 Å². The number of aromatic nitrogens is 1. The Balaban J connectivity index is 1.15. The van der Waals surface area contributed by atoms with Gasteiger partial charge in [-0.25, -0.2) is 0 Å². The Kier molecular flexibility index (Phi) is 9.68. The van der Waals surface area contributed by atoms with Gasteiger partial charge in [0.25, 0.3) is 0 Å². The number of hydrogen-bond acceptors (Lipinski definition) is 6. The minimum atomic E-state index is 0.634. The minimum Gasteiger partial charge on any atom is -0.493 e. The summed E-state index contributed by atoms with van der Waals surface area (Å²) >= 11 is 0. The van der Waals surface area contributed by atoms with Crippen molar-refractivity contribution in [3.05, 3.63) is 53.2 Å². The fourth-order valence-corrected chi connectivity index (χ4v) is 5.16. The van der Waals surface area contributed by atoms with E-state index in [0.29, 0.717) is 17.2 Å². The molecule has 2 aromatic carbocycles. The second-order valence-corrected chi connectivity index (χ2v) is 9.54. The lowest BCUT2D eigenvalue weighted by Gasteiger charge is -2.21. The Hall–Kier alpha value is -2.99. The second kappa shape index (κ2) is 13.4. The molecule has 0 aliphatic heterocycles. The topological polar surface area (TPSA) is 64.6 Å². The maximum atomic E-state index is 5.45. The van der Waals surface area contributed by atoms with Crippen molar-refractivity contribution < 1.29 is 14.2 Å². The molecule has 1 aliphatic rings. The van der Waals surface area contributed by atoms with E-state index in [2.05, 4.69) is 34.9 Å². The number of nitrogens with zero attached hydrogens (tertiary/aromatic N) is 1. The van der Waals surface area contributed by atoms with E-state index in [9.17, 15) is 0 Å². The molecule has 3 aromatic rings. The van der Waals surface area contributed by atoms with Crippen molar-refractivity contribution in [2.24, 2.45) is 0 Å². The van der Waals surface area contributed by atoms with E-state index in [1.54, 1.807) is 21.3 Å². The van der Waals surface area contributed by atoms with Gasteiger partial charge in [-0.2, -0.15) is 0 Å². The van der Waals surface area contributed by atoms with Gasteiger partial charge < -0.3 is 24.8 Å². The van der Waals surface area contributed by atoms with Gasteiger partial charge in [0.1, 0.15) is 0 Å². The van der Waals surface area contributed by atoms with Gasteiger partial charge in [-0.05, 0) is 74.4 Å². The molecule has 6 heteroatoms. The highest BCUT2D eigenvalue weighted by Crippen LogP contribution is 2.38. The molecule has 0 spiro atoms. The van der Waals surface area contributed by atoms with Crippen molar-refractivity contribution in [3.63, 3.8) is 0 Å². The first-order valence-electron chi connectivity index (χ1n) is 13.4. The summed E-state index contributed by atoms with van der Waals surface area (Å²) in [7, 11) is 4.93. The summed E-state index contributed by atoms with van der Waals surface area (Å²) in [5.41, 5.74) is 6.35. The monoisotopic (exact) mass is 491 g/mol. The lowest BCUT2D eigenvalue weighted by Crippen LogP contribution is -2.15. The van der Waals surface area contributed by atoms with Crippen LogP contribution in [0.1, 0.15) is 61.8 Å². The van der Waals surface area contributed by atoms with Gasteiger partial charge in [0.05, 0.1) is 26.8 Å². The third-order valence-electron chi connectivity index (χ3n) is 7.06. The fraction of sp³-hybridized carbons (Fsp3) is 0.500. The summed E-state index contributed by atoms with van der Waals surface area (Å²) in [4.78, 5) is 4.95. The molecule has 1 aromatic heterocycles. The van der Waals surface area contributed by atoms with Gasteiger partial charge in [0, 0.05) is 29.9 Å². The van der Waals surface area contributed by atoms with E-state index in [4.69, 9.17) is 19.2 Å². The number of pyridine rings is 1. The van der Waals surface area contributed by atoms with Crippen LogP contribution in [-0.4, -0.2) is 39.4 Å². The molecule has 0 fully saturated rings. The number of ether oxygens (including phenoxy) is 3. The van der Waals surface area contributed by atoms with Crippen molar-refractivity contribution >= 4 is 16.6 Å². The molecule has 0 atom stereocenters. The normalized spacial score (nSPS) is 12.9. The van der Waals surface area contributed by atoms with Crippen molar-refractivity contribution in [1.82, 2.24) is 10.3 Å². The smallest absolute Gasteiger partial charge is 0.203 e. The number of fused-ring (bicyclic) bond motifs is 2. The van der Waals surface area contributed by atoms with E-state index in [1.165, 1.54) is 67.3 Å². The van der Waals surface area contributed by atoms with Crippen LogP contribution >= 0.6 is 0 Å². The number of hydrogen-bond donors (Lipinski definition) is 2. The Bertz CT molecular complexity index is 1110. The van der Waals surface area contributed by atoms with Crippen molar-refractivity contribution in [2.45, 2.75) is 64.3 Å². The molecule has 0 unspecified atom stereocenters. The summed E-state index contributed by atoms with van der Waals surface area (Å²) in [5, 5.41) is 8.61. The van der Waals surface area contributed by atoms with Crippen LogP contribution in [0.2, 0.25) is 0 Å². The summed E-state index contributed by atoms with van der Waals surface area (Å²) in [6.45, 7) is 2.81. The Labute approximate surface area is 215 Å². The molecule has 4 rings (SSSR count). The predicted molar refractivity (Wildman–Crippen MR) is 148 cm³/mol. The van der Waals surface area contributed by atoms with Gasteiger partial charge in [0.15, 0.2) is 11.5 Å². The van der Waals surface area contributed by atoms with Gasteiger partial charge in [-0.3, -0.25) is 4.98 Å². The van der Waals surface area contributed by atoms with E-state index in [-0.39, 0.29) is 0 Å². The van der Waals surface area contributed by atoms with Crippen LogP contribution < -0.4 is 24.8 Å². The molecule has 0 bridgehead atoms. The van der Waals surface area contributed by atoms with Gasteiger partial charge >= 0.3 is 0 Å². The molecule has 0 saturated heterocycles. The average molecular weight is 492 g/mol. The number of anilines is 1. The van der Waals surface area contributed by atoms with Crippen molar-refractivity contribution in [1.29, 1.82) is 0 Å². The first-order valence-corrected chi connectivity index (χ1v) is 13.4. The molecular formula is C30H41N3O3. The highest BCUT2D eigenvalue weighted by atomic mass is 16.5. The number of nitrogens with one attached hydrogen (secondary N) is 2. The van der Waals surface area contributed by atoms with Crippen LogP contribution in [0, 0.1) is 0 Å². The molecule has 1 aliphatic carbocycles. The number of unbranched alkanes of at least 4 members (excludes halogenated alkanes) is 4. The minimum absolute atomic E-state index is 0.634. The SMILES string of the molecule is COc1cc(CNCCCCCCCNc2c3c(nc4ccccc24)CCCC3)cc(OC)c1OC. The highest BCUT2D eigenvalue weighted by molar-refractivity contribution is 5.93. The summed E-state index contributed by atoms with van der Waals surface area (Å²) in [6, 6.07) is 12.6. The molecular weight excluding hydrogens is 450 g/mol. The molecule has 0 saturated carbocycles. The fourth-order valence-electron chi connectivity index (χ4n) is 5.16. The first-order chi connectivity index (χ1) is 17.7. The number of para-hydroxylation sites is 1. The quantitative estimate of drug-likeness (QED) is 0.258. The standard InChI is InChI=1S/C30H41N3O3/c1-34-27-19-22(20-28(35-2)30(27)36-3)21-31-17-11-5-4-6-12-18-32-29-23-13-7-9-15-25(23)33-26-16-10-8-14-24(26)29/h7,9,13,15,19-20,31H,4-6,8,10-12,14,16-18,21H2,1-3H3,(H,32,33). The second-order valence-electron chi connectivity index (χ2n) is 9.54. The molecule has 0 radical (unpaired) electrons. The Morgan fingerprint density at radius 2 is 1.50 bits per heavy atom. The lowest BCUT2D eigenvalue weighted by molar-refractivity contribution is 0.323. The van der Waals surface area contributed by atoms with Crippen LogP contribution in [-0.2, 0) is 19.4 Å². The lowest BCUT2D eigenvalue weighted by atomic mass is 9.92. The van der Waals surface area contributed by atoms with Crippen LogP contribution in [0.25, 0.3) is 10.9 Å². The number of benzene rings is 2. The summed E-state index contributed by atoms with van der Waals surface area (Å²) in [5.74, 6) is 2.03. The van der Waals surface area contributed by atoms with Crippen LogP contribution in [0.3, 0.4) is 0 Å². The largest absolute Gasteiger partial charge is 0.493 e. The molecule has 36 heavy (non-hydrogen) atoms. The molecule has 6 nitrogen and oxygen atoms in total. The summed E-state index contributed by atoms with van der Waals surface area (Å²) in [6.07, 6.45) is 10.9. The maximum Gasteiger partial charge on any atom is 0.203 e. The maximum absolute atomic E-state index is 5.45. The third-order valence-corrected chi connectivity index (χ3v) is 7.06. The van der Waals surface area contributed by atoms with Crippen molar-refractivity contribution in [3.8, 4) is 17.2 Å². The zero-order chi connectivity index (χ0) is 25.2. The van der Waals surface area contributed by atoms with E-state index in [0.717, 1.165) is 43.6 Å². The average Bonchev–Trinajstić information content (AvgIpc) is 2.92. The zero-order valence-electron chi connectivity index (χ0n) is 22.1. The number of methoxy groups -OCH3 is 3. The van der Waals surface area contributed by atoms with Gasteiger partial charge in [-0.1, -0.05) is 37.5 Å². The highest BCUT2D eigenvalue weighted by Gasteiger charge is 2.17. The molecule has 2 N–H and O–H groups in total. The molecule has 0 amide bonds. The Morgan fingerprint density at radius 3 is 2.25 bits per heavy atom. The predicted octanol–water partition coefficient (Wildman–Crippen LogP) is 6.29. The Morgan fingerprint density at radius 1 is 0.806 bits per heavy atom. The molecule has 194 valence electrons. The van der Waals surface area contributed by atoms with Crippen molar-refractivity contribution in [2.75, 3.05) is 39.7 Å². The number of rotatable bonds is 14.